The number of ether oxygens (including phenoxy) is 1. The standard InChI is InChI=1S/C23H26FNO3/c24-20-9-7-18(8-10-20)21-11-12-25(23(26)27)14-22(21)28-15-16-5-6-17-3-1-2-4-19(17)13-16/h5-10,13,21-22H,1-4,11-12,14-15H2,(H,26,27). The van der Waals surface area contributed by atoms with Crippen molar-refractivity contribution >= 4 is 6.09 Å². The molecule has 5 heteroatoms. The van der Waals surface area contributed by atoms with Gasteiger partial charge in [-0.15, -0.1) is 0 Å². The summed E-state index contributed by atoms with van der Waals surface area (Å²) in [6, 6.07) is 13.0. The first-order chi connectivity index (χ1) is 13.6. The Morgan fingerprint density at radius 3 is 2.61 bits per heavy atom. The normalized spacial score (nSPS) is 22.0. The molecule has 1 saturated heterocycles. The Morgan fingerprint density at radius 1 is 1.11 bits per heavy atom. The van der Waals surface area contributed by atoms with E-state index in [1.165, 1.54) is 41.0 Å². The molecular weight excluding hydrogens is 357 g/mol. The first-order valence-electron chi connectivity index (χ1n) is 10.1. The van der Waals surface area contributed by atoms with Crippen LogP contribution in [-0.2, 0) is 24.2 Å². The quantitative estimate of drug-likeness (QED) is 0.828. The number of piperidine rings is 1. The molecule has 2 atom stereocenters. The van der Waals surface area contributed by atoms with E-state index in [4.69, 9.17) is 4.74 Å². The number of rotatable bonds is 4. The van der Waals surface area contributed by atoms with Gasteiger partial charge in [0.2, 0.25) is 0 Å². The Morgan fingerprint density at radius 2 is 1.86 bits per heavy atom. The van der Waals surface area contributed by atoms with Gasteiger partial charge < -0.3 is 14.7 Å². The number of carboxylic acid groups (broad SMARTS) is 1. The summed E-state index contributed by atoms with van der Waals surface area (Å²) < 4.78 is 19.5. The molecule has 2 aromatic carbocycles. The maximum absolute atomic E-state index is 13.3. The van der Waals surface area contributed by atoms with Crippen molar-refractivity contribution in [2.24, 2.45) is 0 Å². The van der Waals surface area contributed by atoms with Crippen LogP contribution < -0.4 is 0 Å². The number of fused-ring (bicyclic) bond motifs is 1. The maximum atomic E-state index is 13.3. The first kappa shape index (κ1) is 18.9. The molecule has 0 aromatic heterocycles. The summed E-state index contributed by atoms with van der Waals surface area (Å²) in [5.74, 6) is -0.202. The van der Waals surface area contributed by atoms with Crippen LogP contribution in [0.2, 0.25) is 0 Å². The number of nitrogens with zero attached hydrogens (tertiary/aromatic N) is 1. The van der Waals surface area contributed by atoms with Gasteiger partial charge in [0.1, 0.15) is 5.82 Å². The van der Waals surface area contributed by atoms with Crippen molar-refractivity contribution < 1.29 is 19.0 Å². The summed E-state index contributed by atoms with van der Waals surface area (Å²) in [5.41, 5.74) is 4.99. The van der Waals surface area contributed by atoms with Crippen molar-refractivity contribution in [1.29, 1.82) is 0 Å². The van der Waals surface area contributed by atoms with Crippen LogP contribution in [0.5, 0.6) is 0 Å². The SMILES string of the molecule is O=C(O)N1CCC(c2ccc(F)cc2)C(OCc2ccc3c(c2)CCCC3)C1. The third kappa shape index (κ3) is 4.20. The molecule has 1 heterocycles. The topological polar surface area (TPSA) is 49.8 Å². The highest BCUT2D eigenvalue weighted by molar-refractivity contribution is 5.65. The lowest BCUT2D eigenvalue weighted by atomic mass is 9.87. The fourth-order valence-corrected chi connectivity index (χ4v) is 4.43. The molecule has 0 saturated carbocycles. The van der Waals surface area contributed by atoms with E-state index in [1.54, 1.807) is 12.1 Å². The Kier molecular flexibility index (Phi) is 5.62. The van der Waals surface area contributed by atoms with E-state index in [2.05, 4.69) is 18.2 Å². The van der Waals surface area contributed by atoms with Crippen molar-refractivity contribution in [2.45, 2.75) is 50.7 Å². The van der Waals surface area contributed by atoms with Gasteiger partial charge in [0.15, 0.2) is 0 Å². The van der Waals surface area contributed by atoms with Crippen LogP contribution >= 0.6 is 0 Å². The molecule has 1 amide bonds. The monoisotopic (exact) mass is 383 g/mol. The minimum atomic E-state index is -0.917. The summed E-state index contributed by atoms with van der Waals surface area (Å²) in [7, 11) is 0. The first-order valence-corrected chi connectivity index (χ1v) is 10.1. The van der Waals surface area contributed by atoms with Gasteiger partial charge in [-0.25, -0.2) is 9.18 Å². The largest absolute Gasteiger partial charge is 0.465 e. The number of hydrogen-bond acceptors (Lipinski definition) is 2. The second kappa shape index (κ2) is 8.31. The van der Waals surface area contributed by atoms with Crippen LogP contribution in [0.15, 0.2) is 42.5 Å². The predicted molar refractivity (Wildman–Crippen MR) is 105 cm³/mol. The van der Waals surface area contributed by atoms with Crippen molar-refractivity contribution in [1.82, 2.24) is 4.90 Å². The second-order valence-electron chi connectivity index (χ2n) is 7.83. The highest BCUT2D eigenvalue weighted by atomic mass is 19.1. The van der Waals surface area contributed by atoms with Gasteiger partial charge in [0.25, 0.3) is 0 Å². The third-order valence-electron chi connectivity index (χ3n) is 6.00. The van der Waals surface area contributed by atoms with Crippen LogP contribution in [0.4, 0.5) is 9.18 Å². The Hall–Kier alpha value is -2.40. The lowest BCUT2D eigenvalue weighted by molar-refractivity contribution is -0.0200. The van der Waals surface area contributed by atoms with Gasteiger partial charge in [0, 0.05) is 12.5 Å². The molecule has 0 radical (unpaired) electrons. The van der Waals surface area contributed by atoms with Crippen LogP contribution in [0.1, 0.15) is 47.4 Å². The molecule has 2 aliphatic rings. The predicted octanol–water partition coefficient (Wildman–Crippen LogP) is 4.76. The van der Waals surface area contributed by atoms with Gasteiger partial charge >= 0.3 is 6.09 Å². The molecule has 0 bridgehead atoms. The molecule has 2 aromatic rings. The maximum Gasteiger partial charge on any atom is 0.407 e. The second-order valence-corrected chi connectivity index (χ2v) is 7.83. The number of benzene rings is 2. The van der Waals surface area contributed by atoms with E-state index in [0.29, 0.717) is 26.1 Å². The van der Waals surface area contributed by atoms with Gasteiger partial charge in [-0.1, -0.05) is 30.3 Å². The van der Waals surface area contributed by atoms with Gasteiger partial charge in [-0.2, -0.15) is 0 Å². The van der Waals surface area contributed by atoms with Gasteiger partial charge in [-0.05, 0) is 66.5 Å². The lowest BCUT2D eigenvalue weighted by Gasteiger charge is -2.37. The molecule has 28 heavy (non-hydrogen) atoms. The van der Waals surface area contributed by atoms with Crippen molar-refractivity contribution in [3.63, 3.8) is 0 Å². The summed E-state index contributed by atoms with van der Waals surface area (Å²) >= 11 is 0. The highest BCUT2D eigenvalue weighted by Gasteiger charge is 2.33. The minimum Gasteiger partial charge on any atom is -0.465 e. The number of halogens is 1. The minimum absolute atomic E-state index is 0.0637. The summed E-state index contributed by atoms with van der Waals surface area (Å²) in [5, 5.41) is 9.39. The molecular formula is C23H26FNO3. The average Bonchev–Trinajstić information content (AvgIpc) is 2.72. The molecule has 2 unspecified atom stereocenters. The average molecular weight is 383 g/mol. The molecule has 0 spiro atoms. The molecule has 1 aliphatic carbocycles. The zero-order valence-electron chi connectivity index (χ0n) is 15.9. The fourth-order valence-electron chi connectivity index (χ4n) is 4.43. The number of hydrogen-bond donors (Lipinski definition) is 1. The molecule has 4 nitrogen and oxygen atoms in total. The molecule has 148 valence electrons. The molecule has 1 fully saturated rings. The third-order valence-corrected chi connectivity index (χ3v) is 6.00. The van der Waals surface area contributed by atoms with Crippen LogP contribution in [0, 0.1) is 5.82 Å². The number of amides is 1. The zero-order chi connectivity index (χ0) is 19.5. The van der Waals surface area contributed by atoms with E-state index in [1.807, 2.05) is 0 Å². The van der Waals surface area contributed by atoms with E-state index in [0.717, 1.165) is 24.0 Å². The van der Waals surface area contributed by atoms with Crippen LogP contribution in [-0.4, -0.2) is 35.3 Å². The van der Waals surface area contributed by atoms with E-state index < -0.39 is 6.09 Å². The van der Waals surface area contributed by atoms with Crippen LogP contribution in [0.25, 0.3) is 0 Å². The lowest BCUT2D eigenvalue weighted by Crippen LogP contribution is -2.46. The van der Waals surface area contributed by atoms with E-state index in [-0.39, 0.29) is 17.8 Å². The van der Waals surface area contributed by atoms with Crippen molar-refractivity contribution in [3.8, 4) is 0 Å². The highest BCUT2D eigenvalue weighted by Crippen LogP contribution is 2.32. The number of aryl methyl sites for hydroxylation is 2. The Bertz CT molecular complexity index is 836. The van der Waals surface area contributed by atoms with E-state index in [9.17, 15) is 14.3 Å². The van der Waals surface area contributed by atoms with E-state index >= 15 is 0 Å². The number of carbonyl (C=O) groups is 1. The van der Waals surface area contributed by atoms with Gasteiger partial charge in [-0.3, -0.25) is 0 Å². The van der Waals surface area contributed by atoms with Crippen molar-refractivity contribution in [3.05, 3.63) is 70.5 Å². The van der Waals surface area contributed by atoms with Crippen LogP contribution in [0.3, 0.4) is 0 Å². The summed E-state index contributed by atoms with van der Waals surface area (Å²) in [6.07, 6.45) is 4.28. The molecule has 4 rings (SSSR count). The van der Waals surface area contributed by atoms with Gasteiger partial charge in [0.05, 0.1) is 19.3 Å². The fraction of sp³-hybridized carbons (Fsp3) is 0.435. The Balaban J connectivity index is 1.49. The molecule has 1 aliphatic heterocycles. The molecule has 1 N–H and O–H groups in total. The smallest absolute Gasteiger partial charge is 0.407 e. The number of likely N-dealkylation sites (tertiary alicyclic amines) is 1. The Labute approximate surface area is 164 Å². The van der Waals surface area contributed by atoms with Crippen molar-refractivity contribution in [2.75, 3.05) is 13.1 Å². The summed E-state index contributed by atoms with van der Waals surface area (Å²) in [6.45, 7) is 1.27. The zero-order valence-corrected chi connectivity index (χ0v) is 15.9. The summed E-state index contributed by atoms with van der Waals surface area (Å²) in [4.78, 5) is 12.9.